The van der Waals surface area contributed by atoms with Crippen molar-refractivity contribution in [2.75, 3.05) is 6.61 Å². The molecule has 0 aromatic carbocycles. The van der Waals surface area contributed by atoms with Crippen LogP contribution in [0.15, 0.2) is 15.8 Å². The van der Waals surface area contributed by atoms with Crippen LogP contribution in [-0.4, -0.2) is 33.3 Å². The van der Waals surface area contributed by atoms with Gasteiger partial charge in [-0.1, -0.05) is 19.8 Å². The molecule has 9 nitrogen and oxygen atoms in total. The molecule has 4 atom stereocenters. The summed E-state index contributed by atoms with van der Waals surface area (Å²) in [5.41, 5.74) is -0.440. The number of phosphoric ester groups is 1. The Morgan fingerprint density at radius 1 is 1.38 bits per heavy atom. The minimum atomic E-state index is -4.05. The number of nitrogens with one attached hydrogen (secondary N) is 1. The van der Waals surface area contributed by atoms with E-state index >= 15 is 0 Å². The zero-order chi connectivity index (χ0) is 17.3. The van der Waals surface area contributed by atoms with Crippen LogP contribution in [0, 0.1) is 0 Å². The largest absolute Gasteiger partial charge is 0.472 e. The average molecular weight is 360 g/mol. The molecular weight excluding hydrogens is 339 g/mol. The van der Waals surface area contributed by atoms with Gasteiger partial charge in [-0.25, -0.2) is 9.36 Å². The van der Waals surface area contributed by atoms with E-state index in [2.05, 4.69) is 11.9 Å². The van der Waals surface area contributed by atoms with Gasteiger partial charge in [-0.2, -0.15) is 0 Å². The smallest absolute Gasteiger partial charge is 0.349 e. The summed E-state index contributed by atoms with van der Waals surface area (Å²) in [5.74, 6) is 0. The first-order valence-corrected chi connectivity index (χ1v) is 9.54. The monoisotopic (exact) mass is 360 g/mol. The maximum atomic E-state index is 12.1. The van der Waals surface area contributed by atoms with Crippen LogP contribution in [0.1, 0.15) is 44.4 Å². The maximum absolute atomic E-state index is 12.1. The predicted molar refractivity (Wildman–Crippen MR) is 83.7 cm³/mol. The number of nitrogens with zero attached hydrogens (tertiary/aromatic N) is 1. The molecule has 0 radical (unpaired) electrons. The van der Waals surface area contributed by atoms with Crippen molar-refractivity contribution in [1.82, 2.24) is 9.55 Å². The van der Waals surface area contributed by atoms with E-state index in [0.29, 0.717) is 12.0 Å². The maximum Gasteiger partial charge on any atom is 0.472 e. The van der Waals surface area contributed by atoms with Crippen LogP contribution in [-0.2, 0) is 24.8 Å². The van der Waals surface area contributed by atoms with Crippen LogP contribution >= 0.6 is 7.82 Å². The summed E-state index contributed by atoms with van der Waals surface area (Å²) < 4.78 is 28.2. The second-order valence-corrected chi connectivity index (χ2v) is 7.46. The van der Waals surface area contributed by atoms with Crippen LogP contribution in [0.25, 0.3) is 0 Å². The van der Waals surface area contributed by atoms with Gasteiger partial charge < -0.3 is 9.63 Å². The van der Waals surface area contributed by atoms with Crippen LogP contribution in [0.2, 0.25) is 0 Å². The minimum Gasteiger partial charge on any atom is -0.349 e. The van der Waals surface area contributed by atoms with Gasteiger partial charge in [-0.3, -0.25) is 23.4 Å². The quantitative estimate of drug-likeness (QED) is 0.595. The van der Waals surface area contributed by atoms with Gasteiger partial charge in [0.15, 0.2) is 0 Å². The van der Waals surface area contributed by atoms with Gasteiger partial charge in [0.25, 0.3) is 5.56 Å². The van der Waals surface area contributed by atoms with E-state index in [0.717, 1.165) is 19.3 Å². The summed E-state index contributed by atoms with van der Waals surface area (Å²) >= 11 is 0. The molecule has 2 fully saturated rings. The number of unbranched alkanes of at least 4 members (excludes halogenated alkanes) is 2. The van der Waals surface area contributed by atoms with Gasteiger partial charge in [-0.15, -0.1) is 0 Å². The molecule has 0 saturated carbocycles. The number of aryl methyl sites for hydroxylation is 1. The molecule has 3 heterocycles. The number of hydrogen-bond donors (Lipinski definition) is 2. The van der Waals surface area contributed by atoms with Crippen molar-refractivity contribution in [3.8, 4) is 0 Å². The van der Waals surface area contributed by atoms with E-state index in [1.807, 2.05) is 0 Å². The Hall–Kier alpha value is -1.25. The standard InChI is InChI=1S/C14H21N2O7P/c1-2-3-4-5-9-7-16(14(18)15-13(9)17)12-6-10-11(22-12)8-21-24(19,20)23-10/h7,10-12H,2-6,8H2,1H3,(H,19,20)(H,15,17,18)/t10-,11+,12+/m0/s1. The molecule has 2 N–H and O–H groups in total. The number of ether oxygens (including phenoxy) is 1. The summed E-state index contributed by atoms with van der Waals surface area (Å²) in [6.07, 6.45) is 3.40. The van der Waals surface area contributed by atoms with Crippen molar-refractivity contribution in [3.05, 3.63) is 32.6 Å². The number of hydrogen-bond acceptors (Lipinski definition) is 6. The zero-order valence-corrected chi connectivity index (χ0v) is 14.2. The van der Waals surface area contributed by atoms with E-state index < -0.39 is 31.9 Å². The molecule has 2 saturated heterocycles. The van der Waals surface area contributed by atoms with Gasteiger partial charge >= 0.3 is 13.5 Å². The lowest BCUT2D eigenvalue weighted by Crippen LogP contribution is -2.34. The SMILES string of the molecule is CCCCCc1cn([C@H]2C[C@@H]3OP(=O)(O)OC[C@H]3O2)c(=O)[nH]c1=O. The molecule has 134 valence electrons. The second kappa shape index (κ2) is 6.93. The van der Waals surface area contributed by atoms with Crippen LogP contribution in [0.3, 0.4) is 0 Å². The van der Waals surface area contributed by atoms with Gasteiger partial charge in [0.2, 0.25) is 0 Å². The van der Waals surface area contributed by atoms with Gasteiger partial charge in [-0.05, 0) is 12.8 Å². The summed E-state index contributed by atoms with van der Waals surface area (Å²) in [7, 11) is -4.05. The molecule has 0 spiro atoms. The van der Waals surface area contributed by atoms with Crippen molar-refractivity contribution >= 4 is 7.82 Å². The fourth-order valence-corrected chi connectivity index (χ4v) is 3.95. The van der Waals surface area contributed by atoms with E-state index in [9.17, 15) is 19.0 Å². The molecule has 3 rings (SSSR count). The Bertz CT molecular complexity index is 758. The molecule has 10 heteroatoms. The summed E-state index contributed by atoms with van der Waals surface area (Å²) in [5, 5.41) is 0. The molecule has 0 amide bonds. The van der Waals surface area contributed by atoms with Crippen molar-refractivity contribution in [1.29, 1.82) is 0 Å². The first-order chi connectivity index (χ1) is 11.4. The van der Waals surface area contributed by atoms with Crippen molar-refractivity contribution in [2.45, 2.75) is 57.5 Å². The summed E-state index contributed by atoms with van der Waals surface area (Å²) in [6.45, 7) is 2.00. The Morgan fingerprint density at radius 3 is 2.92 bits per heavy atom. The number of phosphoric acid groups is 1. The molecule has 1 unspecified atom stereocenters. The highest BCUT2D eigenvalue weighted by Gasteiger charge is 2.46. The van der Waals surface area contributed by atoms with Crippen LogP contribution < -0.4 is 11.2 Å². The average Bonchev–Trinajstić information content (AvgIpc) is 2.91. The third-order valence-electron chi connectivity index (χ3n) is 4.25. The lowest BCUT2D eigenvalue weighted by atomic mass is 10.1. The number of aromatic amines is 1. The van der Waals surface area contributed by atoms with Gasteiger partial charge in [0.1, 0.15) is 18.4 Å². The van der Waals surface area contributed by atoms with Crippen molar-refractivity contribution in [3.63, 3.8) is 0 Å². The lowest BCUT2D eigenvalue weighted by molar-refractivity contribution is -0.0680. The van der Waals surface area contributed by atoms with Gasteiger partial charge in [0.05, 0.1) is 6.61 Å². The molecule has 1 aromatic heterocycles. The first kappa shape index (κ1) is 17.6. The molecule has 0 bridgehead atoms. The Balaban J connectivity index is 1.80. The zero-order valence-electron chi connectivity index (χ0n) is 13.3. The minimum absolute atomic E-state index is 0.0730. The Kier molecular flexibility index (Phi) is 5.08. The molecule has 1 aromatic rings. The number of fused-ring (bicyclic) bond motifs is 1. The normalized spacial score (nSPS) is 32.7. The van der Waals surface area contributed by atoms with E-state index in [-0.39, 0.29) is 18.6 Å². The molecule has 2 aliphatic heterocycles. The van der Waals surface area contributed by atoms with Crippen molar-refractivity contribution < 1.29 is 23.2 Å². The number of H-pyrrole nitrogens is 1. The summed E-state index contributed by atoms with van der Waals surface area (Å²) in [4.78, 5) is 35.7. The third-order valence-corrected chi connectivity index (χ3v) is 5.27. The first-order valence-electron chi connectivity index (χ1n) is 8.05. The van der Waals surface area contributed by atoms with Crippen molar-refractivity contribution in [2.24, 2.45) is 0 Å². The third kappa shape index (κ3) is 3.70. The topological polar surface area (TPSA) is 120 Å². The molecule has 0 aliphatic carbocycles. The Labute approximate surface area is 138 Å². The number of rotatable bonds is 5. The molecular formula is C14H21N2O7P. The second-order valence-electron chi connectivity index (χ2n) is 6.05. The van der Waals surface area contributed by atoms with Gasteiger partial charge in [0, 0.05) is 18.2 Å². The van der Waals surface area contributed by atoms with Crippen LogP contribution in [0.4, 0.5) is 0 Å². The molecule has 2 aliphatic rings. The Morgan fingerprint density at radius 2 is 2.17 bits per heavy atom. The van der Waals surface area contributed by atoms with Crippen LogP contribution in [0.5, 0.6) is 0 Å². The van der Waals surface area contributed by atoms with E-state index in [4.69, 9.17) is 13.8 Å². The predicted octanol–water partition coefficient (Wildman–Crippen LogP) is 1.07. The highest BCUT2D eigenvalue weighted by molar-refractivity contribution is 7.47. The lowest BCUT2D eigenvalue weighted by Gasteiger charge is -2.26. The molecule has 24 heavy (non-hydrogen) atoms. The fourth-order valence-electron chi connectivity index (χ4n) is 2.99. The fraction of sp³-hybridized carbons (Fsp3) is 0.714. The number of aromatic nitrogens is 2. The summed E-state index contributed by atoms with van der Waals surface area (Å²) in [6, 6.07) is 0. The highest BCUT2D eigenvalue weighted by Crippen LogP contribution is 2.52. The van der Waals surface area contributed by atoms with E-state index in [1.165, 1.54) is 10.8 Å². The van der Waals surface area contributed by atoms with E-state index in [1.54, 1.807) is 0 Å². The highest BCUT2D eigenvalue weighted by atomic mass is 31.2.